The van der Waals surface area contributed by atoms with E-state index in [0.29, 0.717) is 5.92 Å². The second-order valence-electron chi connectivity index (χ2n) is 5.97. The summed E-state index contributed by atoms with van der Waals surface area (Å²) in [6.07, 6.45) is 3.42. The van der Waals surface area contributed by atoms with Gasteiger partial charge in [-0.05, 0) is 57.1 Å². The second kappa shape index (κ2) is 6.86. The molecule has 2 N–H and O–H groups in total. The van der Waals surface area contributed by atoms with Crippen molar-refractivity contribution in [1.82, 2.24) is 9.80 Å². The van der Waals surface area contributed by atoms with E-state index in [-0.39, 0.29) is 6.04 Å². The average molecular weight is 275 g/mol. The molecule has 1 fully saturated rings. The number of hydrogen-bond acceptors (Lipinski definition) is 4. The van der Waals surface area contributed by atoms with E-state index in [9.17, 15) is 4.79 Å². The molecule has 1 aliphatic rings. The Hall–Kier alpha value is -1.39. The number of hydrogen-bond donors (Lipinski definition) is 1. The van der Waals surface area contributed by atoms with Crippen molar-refractivity contribution in [3.63, 3.8) is 0 Å². The minimum Gasteiger partial charge on any atom is -0.399 e. The van der Waals surface area contributed by atoms with Gasteiger partial charge in [-0.3, -0.25) is 4.90 Å². The normalized spacial score (nSPS) is 21.9. The molecule has 1 aliphatic heterocycles. The molecular formula is C16H25N3O. The summed E-state index contributed by atoms with van der Waals surface area (Å²) in [5, 5.41) is 0. The molecule has 0 saturated carbocycles. The van der Waals surface area contributed by atoms with Gasteiger partial charge in [-0.15, -0.1) is 0 Å². The summed E-state index contributed by atoms with van der Waals surface area (Å²) in [7, 11) is 4.02. The van der Waals surface area contributed by atoms with Crippen LogP contribution in [0, 0.1) is 0 Å². The fraction of sp³-hybridized carbons (Fsp3) is 0.562. The van der Waals surface area contributed by atoms with E-state index in [0.717, 1.165) is 38.0 Å². The topological polar surface area (TPSA) is 49.6 Å². The van der Waals surface area contributed by atoms with Gasteiger partial charge in [-0.2, -0.15) is 0 Å². The van der Waals surface area contributed by atoms with E-state index in [1.54, 1.807) is 0 Å². The van der Waals surface area contributed by atoms with Crippen LogP contribution in [0.2, 0.25) is 0 Å². The van der Waals surface area contributed by atoms with Crippen LogP contribution >= 0.6 is 0 Å². The third-order valence-corrected chi connectivity index (χ3v) is 4.04. The second-order valence-corrected chi connectivity index (χ2v) is 5.97. The number of nitrogens with two attached hydrogens (primary N) is 1. The van der Waals surface area contributed by atoms with Crippen LogP contribution in [-0.2, 0) is 4.79 Å². The number of rotatable bonds is 5. The molecule has 0 radical (unpaired) electrons. The van der Waals surface area contributed by atoms with Crippen molar-refractivity contribution in [1.29, 1.82) is 0 Å². The summed E-state index contributed by atoms with van der Waals surface area (Å²) in [5.74, 6) is 0.508. The third-order valence-electron chi connectivity index (χ3n) is 4.04. The molecule has 0 aliphatic carbocycles. The van der Waals surface area contributed by atoms with Crippen molar-refractivity contribution in [2.75, 3.05) is 39.5 Å². The zero-order chi connectivity index (χ0) is 14.5. The van der Waals surface area contributed by atoms with Crippen LogP contribution in [0.5, 0.6) is 0 Å². The fourth-order valence-corrected chi connectivity index (χ4v) is 2.97. The van der Waals surface area contributed by atoms with Gasteiger partial charge in [0.2, 0.25) is 0 Å². The van der Waals surface area contributed by atoms with Crippen molar-refractivity contribution < 1.29 is 4.79 Å². The van der Waals surface area contributed by atoms with Crippen LogP contribution in [0.4, 0.5) is 5.69 Å². The van der Waals surface area contributed by atoms with E-state index in [4.69, 9.17) is 5.73 Å². The lowest BCUT2D eigenvalue weighted by Gasteiger charge is -2.37. The number of carbonyl (C=O) groups excluding carboxylic acids is 1. The Bertz CT molecular complexity index is 430. The highest BCUT2D eigenvalue weighted by atomic mass is 16.1. The quantitative estimate of drug-likeness (QED) is 0.655. The monoisotopic (exact) mass is 275 g/mol. The first kappa shape index (κ1) is 15.0. The summed E-state index contributed by atoms with van der Waals surface area (Å²) in [6.45, 7) is 2.77. The fourth-order valence-electron chi connectivity index (χ4n) is 2.97. The SMILES string of the molecule is CN(C)CC(C=O)N1CCCC(c2ccc(N)cc2)C1. The van der Waals surface area contributed by atoms with Gasteiger partial charge >= 0.3 is 0 Å². The Kier molecular flexibility index (Phi) is 5.15. The Labute approximate surface area is 121 Å². The molecular weight excluding hydrogens is 250 g/mol. The van der Waals surface area contributed by atoms with Crippen LogP contribution in [-0.4, -0.2) is 55.9 Å². The maximum atomic E-state index is 11.3. The smallest absolute Gasteiger partial charge is 0.138 e. The Balaban J connectivity index is 2.03. The summed E-state index contributed by atoms with van der Waals surface area (Å²) >= 11 is 0. The Morgan fingerprint density at radius 1 is 1.40 bits per heavy atom. The first-order valence-corrected chi connectivity index (χ1v) is 7.29. The molecule has 4 nitrogen and oxygen atoms in total. The van der Waals surface area contributed by atoms with Gasteiger partial charge in [0.05, 0.1) is 6.04 Å². The van der Waals surface area contributed by atoms with Crippen molar-refractivity contribution in [2.45, 2.75) is 24.8 Å². The van der Waals surface area contributed by atoms with Gasteiger partial charge in [0.1, 0.15) is 6.29 Å². The van der Waals surface area contributed by atoms with Gasteiger partial charge in [0, 0.05) is 18.8 Å². The number of piperidine rings is 1. The summed E-state index contributed by atoms with van der Waals surface area (Å²) < 4.78 is 0. The van der Waals surface area contributed by atoms with Crippen molar-refractivity contribution in [2.24, 2.45) is 0 Å². The lowest BCUT2D eigenvalue weighted by molar-refractivity contribution is -0.113. The largest absolute Gasteiger partial charge is 0.399 e. The molecule has 1 saturated heterocycles. The standard InChI is InChI=1S/C16H25N3O/c1-18(2)11-16(12-20)19-9-3-4-14(10-19)13-5-7-15(17)8-6-13/h5-8,12,14,16H,3-4,9-11,17H2,1-2H3. The summed E-state index contributed by atoms with van der Waals surface area (Å²) in [4.78, 5) is 15.7. The first-order valence-electron chi connectivity index (χ1n) is 7.29. The van der Waals surface area contributed by atoms with Gasteiger partial charge in [0.15, 0.2) is 0 Å². The molecule has 1 heterocycles. The third kappa shape index (κ3) is 3.81. The number of carbonyl (C=O) groups is 1. The molecule has 1 aromatic carbocycles. The molecule has 4 heteroatoms. The molecule has 0 aromatic heterocycles. The number of likely N-dealkylation sites (tertiary alicyclic amines) is 1. The predicted octanol–water partition coefficient (Wildman–Crippen LogP) is 1.58. The molecule has 0 bridgehead atoms. The lowest BCUT2D eigenvalue weighted by atomic mass is 9.90. The number of anilines is 1. The van der Waals surface area contributed by atoms with Crippen LogP contribution in [0.1, 0.15) is 24.3 Å². The predicted molar refractivity (Wildman–Crippen MR) is 82.8 cm³/mol. The van der Waals surface area contributed by atoms with Crippen molar-refractivity contribution >= 4 is 12.0 Å². The number of likely N-dealkylation sites (N-methyl/N-ethyl adjacent to an activating group) is 1. The number of aldehydes is 1. The molecule has 1 aromatic rings. The maximum absolute atomic E-state index is 11.3. The molecule has 2 atom stereocenters. The molecule has 2 unspecified atom stereocenters. The molecule has 110 valence electrons. The van der Waals surface area contributed by atoms with Gasteiger partial charge < -0.3 is 15.4 Å². The average Bonchev–Trinajstić information content (AvgIpc) is 2.45. The number of nitrogens with zero attached hydrogens (tertiary/aromatic N) is 2. The number of benzene rings is 1. The van der Waals surface area contributed by atoms with Gasteiger partial charge in [-0.1, -0.05) is 12.1 Å². The van der Waals surface area contributed by atoms with Crippen LogP contribution < -0.4 is 5.73 Å². The summed E-state index contributed by atoms with van der Waals surface area (Å²) in [6, 6.07) is 8.16. The Morgan fingerprint density at radius 3 is 2.70 bits per heavy atom. The maximum Gasteiger partial charge on any atom is 0.138 e. The van der Waals surface area contributed by atoms with Crippen molar-refractivity contribution in [3.8, 4) is 0 Å². The number of nitrogen functional groups attached to an aromatic ring is 1. The minimum atomic E-state index is 0.00146. The van der Waals surface area contributed by atoms with Crippen LogP contribution in [0.25, 0.3) is 0 Å². The zero-order valence-corrected chi connectivity index (χ0v) is 12.5. The summed E-state index contributed by atoms with van der Waals surface area (Å²) in [5.41, 5.74) is 7.88. The highest BCUT2D eigenvalue weighted by Crippen LogP contribution is 2.28. The minimum absolute atomic E-state index is 0.00146. The first-order chi connectivity index (χ1) is 9.60. The van der Waals surface area contributed by atoms with E-state index < -0.39 is 0 Å². The lowest BCUT2D eigenvalue weighted by Crippen LogP contribution is -2.47. The van der Waals surface area contributed by atoms with Crippen LogP contribution in [0.15, 0.2) is 24.3 Å². The van der Waals surface area contributed by atoms with Gasteiger partial charge in [0.25, 0.3) is 0 Å². The zero-order valence-electron chi connectivity index (χ0n) is 12.5. The molecule has 0 spiro atoms. The van der Waals surface area contributed by atoms with Gasteiger partial charge in [-0.25, -0.2) is 0 Å². The van der Waals surface area contributed by atoms with E-state index in [1.165, 1.54) is 12.0 Å². The Morgan fingerprint density at radius 2 is 2.10 bits per heavy atom. The molecule has 2 rings (SSSR count). The van der Waals surface area contributed by atoms with Crippen molar-refractivity contribution in [3.05, 3.63) is 29.8 Å². The van der Waals surface area contributed by atoms with Crippen LogP contribution in [0.3, 0.4) is 0 Å². The highest BCUT2D eigenvalue weighted by molar-refractivity contribution is 5.58. The molecule has 0 amide bonds. The van der Waals surface area contributed by atoms with E-state index in [2.05, 4.69) is 21.9 Å². The highest BCUT2D eigenvalue weighted by Gasteiger charge is 2.26. The van der Waals surface area contributed by atoms with E-state index in [1.807, 2.05) is 26.2 Å². The molecule has 20 heavy (non-hydrogen) atoms. The van der Waals surface area contributed by atoms with E-state index >= 15 is 0 Å².